The fraction of sp³-hybridized carbons (Fsp3) is 0.864. The molecule has 5 heteroatoms. The Labute approximate surface area is 170 Å². The minimum absolute atomic E-state index is 0.237. The summed E-state index contributed by atoms with van der Waals surface area (Å²) in [5.74, 6) is 0. The van der Waals surface area contributed by atoms with E-state index in [4.69, 9.17) is 0 Å². The molecule has 2 rings (SSSR count). The van der Waals surface area contributed by atoms with Crippen molar-refractivity contribution in [2.24, 2.45) is 7.05 Å². The number of nitrogens with zero attached hydrogens (tertiary/aromatic N) is 4. The quantitative estimate of drug-likeness (QED) is 0.667. The summed E-state index contributed by atoms with van der Waals surface area (Å²) < 4.78 is 14.3. The number of aromatic nitrogens is 2. The predicted octanol–water partition coefficient (Wildman–Crippen LogP) is 5.48. The van der Waals surface area contributed by atoms with Gasteiger partial charge in [0.1, 0.15) is 6.67 Å². The number of hydrogen-bond acceptors (Lipinski definition) is 3. The van der Waals surface area contributed by atoms with E-state index in [1.54, 1.807) is 0 Å². The van der Waals surface area contributed by atoms with Crippen LogP contribution in [-0.4, -0.2) is 59.0 Å². The first-order valence-electron chi connectivity index (χ1n) is 11.2. The monoisotopic (exact) mass is 388 g/mol. The predicted molar refractivity (Wildman–Crippen MR) is 120 cm³/mol. The number of aryl methyl sites for hydroxylation is 1. The van der Waals surface area contributed by atoms with Gasteiger partial charge >= 0.3 is 0 Å². The first-order chi connectivity index (χ1) is 13.2. The SMILES string of the molecule is CC.CC.CC.CC.CCc1c(C)c(CN2CCN(CCF)CC2)nn1C. The maximum absolute atomic E-state index is 12.3. The third-order valence-corrected chi connectivity index (χ3v) is 4.10. The first-order valence-corrected chi connectivity index (χ1v) is 11.2. The Morgan fingerprint density at radius 1 is 0.852 bits per heavy atom. The Balaban J connectivity index is -0.000000638. The van der Waals surface area contributed by atoms with Gasteiger partial charge in [-0.2, -0.15) is 5.10 Å². The molecular formula is C22H49FN4. The molecule has 0 unspecified atom stereocenters. The van der Waals surface area contributed by atoms with Crippen LogP contribution in [0.1, 0.15) is 79.3 Å². The second kappa shape index (κ2) is 21.4. The van der Waals surface area contributed by atoms with Crippen LogP contribution in [0.15, 0.2) is 0 Å². The van der Waals surface area contributed by atoms with Gasteiger partial charge in [-0.25, -0.2) is 4.39 Å². The summed E-state index contributed by atoms with van der Waals surface area (Å²) in [5, 5.41) is 4.63. The summed E-state index contributed by atoms with van der Waals surface area (Å²) in [6, 6.07) is 0. The van der Waals surface area contributed by atoms with Gasteiger partial charge < -0.3 is 0 Å². The van der Waals surface area contributed by atoms with Crippen LogP contribution in [0.5, 0.6) is 0 Å². The van der Waals surface area contributed by atoms with Gasteiger partial charge in [0.15, 0.2) is 0 Å². The largest absolute Gasteiger partial charge is 0.298 e. The number of rotatable bonds is 5. The Bertz CT molecular complexity index is 411. The Morgan fingerprint density at radius 2 is 1.30 bits per heavy atom. The van der Waals surface area contributed by atoms with Crippen LogP contribution in [0, 0.1) is 6.92 Å². The number of piperazine rings is 1. The van der Waals surface area contributed by atoms with Crippen molar-refractivity contribution in [3.05, 3.63) is 17.0 Å². The van der Waals surface area contributed by atoms with Gasteiger partial charge in [0.25, 0.3) is 0 Å². The highest BCUT2D eigenvalue weighted by atomic mass is 19.1. The maximum atomic E-state index is 12.3. The third-order valence-electron chi connectivity index (χ3n) is 4.10. The van der Waals surface area contributed by atoms with Crippen LogP contribution in [0.2, 0.25) is 0 Å². The molecule has 2 heterocycles. The van der Waals surface area contributed by atoms with Crippen molar-refractivity contribution in [3.8, 4) is 0 Å². The molecule has 1 aliphatic heterocycles. The van der Waals surface area contributed by atoms with Crippen LogP contribution in [-0.2, 0) is 20.0 Å². The van der Waals surface area contributed by atoms with Crippen molar-refractivity contribution < 1.29 is 4.39 Å². The van der Waals surface area contributed by atoms with Gasteiger partial charge in [-0.3, -0.25) is 14.5 Å². The van der Waals surface area contributed by atoms with Gasteiger partial charge in [-0.1, -0.05) is 62.3 Å². The van der Waals surface area contributed by atoms with E-state index in [9.17, 15) is 4.39 Å². The van der Waals surface area contributed by atoms with Crippen LogP contribution < -0.4 is 0 Å². The van der Waals surface area contributed by atoms with E-state index in [1.807, 2.05) is 67.1 Å². The van der Waals surface area contributed by atoms with Crippen molar-refractivity contribution in [2.45, 2.75) is 82.2 Å². The molecule has 0 aliphatic carbocycles. The molecule has 164 valence electrons. The molecular weight excluding hydrogens is 339 g/mol. The molecule has 1 fully saturated rings. The number of halogens is 1. The van der Waals surface area contributed by atoms with E-state index < -0.39 is 0 Å². The van der Waals surface area contributed by atoms with Crippen molar-refractivity contribution in [2.75, 3.05) is 39.4 Å². The number of hydrogen-bond donors (Lipinski definition) is 0. The van der Waals surface area contributed by atoms with Gasteiger partial charge in [0.05, 0.1) is 5.69 Å². The summed E-state index contributed by atoms with van der Waals surface area (Å²) in [7, 11) is 2.02. The van der Waals surface area contributed by atoms with E-state index in [1.165, 1.54) is 17.0 Å². The fourth-order valence-electron chi connectivity index (χ4n) is 2.87. The van der Waals surface area contributed by atoms with E-state index in [0.29, 0.717) is 6.54 Å². The van der Waals surface area contributed by atoms with Crippen molar-refractivity contribution >= 4 is 0 Å². The summed E-state index contributed by atoms with van der Waals surface area (Å²) >= 11 is 0. The maximum Gasteiger partial charge on any atom is 0.102 e. The highest BCUT2D eigenvalue weighted by molar-refractivity contribution is 5.24. The summed E-state index contributed by atoms with van der Waals surface area (Å²) in [4.78, 5) is 4.61. The Kier molecular flexibility index (Phi) is 24.3. The molecule has 0 aromatic carbocycles. The lowest BCUT2D eigenvalue weighted by Crippen LogP contribution is -2.46. The highest BCUT2D eigenvalue weighted by Crippen LogP contribution is 2.16. The van der Waals surface area contributed by atoms with Crippen LogP contribution >= 0.6 is 0 Å². The zero-order chi connectivity index (χ0) is 21.8. The number of alkyl halides is 1. The minimum atomic E-state index is -0.237. The normalized spacial score (nSPS) is 13.6. The van der Waals surface area contributed by atoms with E-state index in [0.717, 1.165) is 39.1 Å². The average molecular weight is 389 g/mol. The zero-order valence-corrected chi connectivity index (χ0v) is 20.3. The smallest absolute Gasteiger partial charge is 0.102 e. The zero-order valence-electron chi connectivity index (χ0n) is 20.3. The Hall–Kier alpha value is -0.940. The van der Waals surface area contributed by atoms with Crippen molar-refractivity contribution in [3.63, 3.8) is 0 Å². The van der Waals surface area contributed by atoms with Crippen LogP contribution in [0.25, 0.3) is 0 Å². The second-order valence-electron chi connectivity index (χ2n) is 5.30. The molecule has 27 heavy (non-hydrogen) atoms. The fourth-order valence-corrected chi connectivity index (χ4v) is 2.87. The lowest BCUT2D eigenvalue weighted by molar-refractivity contribution is 0.120. The van der Waals surface area contributed by atoms with Gasteiger partial charge in [0.2, 0.25) is 0 Å². The standard InChI is InChI=1S/C14H25FN4.4C2H6/c1-4-14-12(2)13(16-17(14)3)11-19-9-7-18(6-5-15)8-10-19;4*1-2/h4-11H2,1-3H3;4*1-2H3. The molecule has 0 N–H and O–H groups in total. The van der Waals surface area contributed by atoms with E-state index >= 15 is 0 Å². The van der Waals surface area contributed by atoms with Crippen LogP contribution in [0.4, 0.5) is 4.39 Å². The molecule has 1 saturated heterocycles. The van der Waals surface area contributed by atoms with Crippen LogP contribution in [0.3, 0.4) is 0 Å². The molecule has 0 spiro atoms. The second-order valence-corrected chi connectivity index (χ2v) is 5.30. The van der Waals surface area contributed by atoms with Gasteiger partial charge in [-0.15, -0.1) is 0 Å². The summed E-state index contributed by atoms with van der Waals surface area (Å²) in [6.45, 7) is 25.6. The minimum Gasteiger partial charge on any atom is -0.298 e. The lowest BCUT2D eigenvalue weighted by atomic mass is 10.1. The Morgan fingerprint density at radius 3 is 1.67 bits per heavy atom. The lowest BCUT2D eigenvalue weighted by Gasteiger charge is -2.33. The highest BCUT2D eigenvalue weighted by Gasteiger charge is 2.19. The van der Waals surface area contributed by atoms with Crippen molar-refractivity contribution in [1.29, 1.82) is 0 Å². The molecule has 0 atom stereocenters. The summed E-state index contributed by atoms with van der Waals surface area (Å²) in [6.07, 6.45) is 1.03. The third kappa shape index (κ3) is 11.5. The average Bonchev–Trinajstić information content (AvgIpc) is 3.02. The first kappa shape index (κ1) is 30.8. The molecule has 0 radical (unpaired) electrons. The molecule has 1 aliphatic rings. The van der Waals surface area contributed by atoms with Crippen molar-refractivity contribution in [1.82, 2.24) is 19.6 Å². The molecule has 0 amide bonds. The van der Waals surface area contributed by atoms with E-state index in [2.05, 4.69) is 28.7 Å². The van der Waals surface area contributed by atoms with Gasteiger partial charge in [0, 0.05) is 52.0 Å². The molecule has 0 saturated carbocycles. The molecule has 1 aromatic heterocycles. The topological polar surface area (TPSA) is 24.3 Å². The van der Waals surface area contributed by atoms with E-state index in [-0.39, 0.29) is 6.67 Å². The molecule has 1 aromatic rings. The molecule has 0 bridgehead atoms. The van der Waals surface area contributed by atoms with Gasteiger partial charge in [-0.05, 0) is 18.9 Å². The summed E-state index contributed by atoms with van der Waals surface area (Å²) in [5.41, 5.74) is 3.85. The molecule has 4 nitrogen and oxygen atoms in total.